The standard InChI is InChI=1S/C13H14F3N5O2.ClH/c14-13(15,16)10-1-2-19-12(21-10)20-4-3-18-11(22)8-5-9(6-17)23-7-8;/h1-2,5,7H,3-4,6,17H2,(H,18,22)(H,19,20,21);1H. The Morgan fingerprint density at radius 3 is 2.71 bits per heavy atom. The first-order valence-corrected chi connectivity index (χ1v) is 6.60. The van der Waals surface area contributed by atoms with Crippen molar-refractivity contribution in [2.75, 3.05) is 18.4 Å². The number of hydrogen-bond donors (Lipinski definition) is 3. The number of nitrogens with one attached hydrogen (secondary N) is 2. The maximum absolute atomic E-state index is 12.5. The van der Waals surface area contributed by atoms with E-state index in [1.54, 1.807) is 0 Å². The summed E-state index contributed by atoms with van der Waals surface area (Å²) in [6, 6.07) is 2.29. The lowest BCUT2D eigenvalue weighted by Gasteiger charge is -2.08. The highest BCUT2D eigenvalue weighted by Crippen LogP contribution is 2.27. The Kier molecular flexibility index (Phi) is 6.98. The Balaban J connectivity index is 0.00000288. The molecule has 0 aliphatic rings. The molecular weight excluding hydrogens is 351 g/mol. The molecule has 2 heterocycles. The van der Waals surface area contributed by atoms with Crippen LogP contribution in [-0.2, 0) is 12.7 Å². The molecule has 0 aromatic carbocycles. The fraction of sp³-hybridized carbons (Fsp3) is 0.308. The molecule has 2 aromatic rings. The zero-order valence-corrected chi connectivity index (χ0v) is 13.1. The molecule has 0 unspecified atom stereocenters. The second-order valence-electron chi connectivity index (χ2n) is 4.45. The number of rotatable bonds is 6. The highest BCUT2D eigenvalue weighted by Gasteiger charge is 2.32. The molecule has 0 atom stereocenters. The third-order valence-corrected chi connectivity index (χ3v) is 2.76. The van der Waals surface area contributed by atoms with Gasteiger partial charge in [-0.05, 0) is 12.1 Å². The van der Waals surface area contributed by atoms with Crippen LogP contribution in [0, 0.1) is 0 Å². The molecule has 0 saturated heterocycles. The van der Waals surface area contributed by atoms with E-state index in [1.165, 1.54) is 12.3 Å². The van der Waals surface area contributed by atoms with Crippen LogP contribution in [-0.4, -0.2) is 29.0 Å². The molecule has 0 fully saturated rings. The summed E-state index contributed by atoms with van der Waals surface area (Å²) >= 11 is 0. The normalized spacial score (nSPS) is 10.8. The summed E-state index contributed by atoms with van der Waals surface area (Å²) in [5.74, 6) is -0.0614. The first kappa shape index (κ1) is 19.7. The van der Waals surface area contributed by atoms with Gasteiger partial charge >= 0.3 is 6.18 Å². The van der Waals surface area contributed by atoms with E-state index in [-0.39, 0.29) is 43.9 Å². The summed E-state index contributed by atoms with van der Waals surface area (Å²) in [6.07, 6.45) is -2.24. The van der Waals surface area contributed by atoms with Crippen LogP contribution in [0.5, 0.6) is 0 Å². The molecule has 24 heavy (non-hydrogen) atoms. The molecule has 2 aromatic heterocycles. The van der Waals surface area contributed by atoms with E-state index in [2.05, 4.69) is 20.6 Å². The van der Waals surface area contributed by atoms with Crippen molar-refractivity contribution in [3.63, 3.8) is 0 Å². The molecule has 0 spiro atoms. The number of carbonyl (C=O) groups excluding carboxylic acids is 1. The molecule has 0 aliphatic carbocycles. The molecule has 1 amide bonds. The van der Waals surface area contributed by atoms with Crippen LogP contribution >= 0.6 is 12.4 Å². The number of hydrogen-bond acceptors (Lipinski definition) is 6. The molecule has 0 saturated carbocycles. The predicted octanol–water partition coefficient (Wildman–Crippen LogP) is 1.81. The SMILES string of the molecule is Cl.NCc1cc(C(=O)NCCNc2nccc(C(F)(F)F)n2)co1. The third-order valence-electron chi connectivity index (χ3n) is 2.76. The van der Waals surface area contributed by atoms with E-state index in [9.17, 15) is 18.0 Å². The predicted molar refractivity (Wildman–Crippen MR) is 81.7 cm³/mol. The van der Waals surface area contributed by atoms with Gasteiger partial charge in [0.1, 0.15) is 17.7 Å². The van der Waals surface area contributed by atoms with Crippen molar-refractivity contribution in [1.29, 1.82) is 0 Å². The van der Waals surface area contributed by atoms with Crippen molar-refractivity contribution in [1.82, 2.24) is 15.3 Å². The fourth-order valence-electron chi connectivity index (χ4n) is 1.66. The van der Waals surface area contributed by atoms with Crippen molar-refractivity contribution in [2.45, 2.75) is 12.7 Å². The van der Waals surface area contributed by atoms with Gasteiger partial charge in [-0.25, -0.2) is 9.97 Å². The van der Waals surface area contributed by atoms with Gasteiger partial charge in [0.15, 0.2) is 0 Å². The topological polar surface area (TPSA) is 106 Å². The lowest BCUT2D eigenvalue weighted by Crippen LogP contribution is -2.28. The Morgan fingerprint density at radius 1 is 1.33 bits per heavy atom. The largest absolute Gasteiger partial charge is 0.467 e. The van der Waals surface area contributed by atoms with Gasteiger partial charge in [-0.1, -0.05) is 0 Å². The first-order chi connectivity index (χ1) is 10.9. The Bertz CT molecular complexity index is 678. The van der Waals surface area contributed by atoms with E-state index in [0.717, 1.165) is 12.3 Å². The van der Waals surface area contributed by atoms with E-state index in [0.29, 0.717) is 11.3 Å². The molecule has 7 nitrogen and oxygen atoms in total. The van der Waals surface area contributed by atoms with Gasteiger partial charge in [-0.2, -0.15) is 13.2 Å². The third kappa shape index (κ3) is 5.39. The minimum Gasteiger partial charge on any atom is -0.467 e. The number of nitrogens with zero attached hydrogens (tertiary/aromatic N) is 2. The molecule has 4 N–H and O–H groups in total. The maximum atomic E-state index is 12.5. The minimum atomic E-state index is -4.53. The molecule has 0 radical (unpaired) electrons. The quantitative estimate of drug-likeness (QED) is 0.674. The van der Waals surface area contributed by atoms with Crippen molar-refractivity contribution in [3.05, 3.63) is 41.6 Å². The van der Waals surface area contributed by atoms with Gasteiger partial charge in [-0.15, -0.1) is 12.4 Å². The Hall–Kier alpha value is -2.33. The molecule has 132 valence electrons. The van der Waals surface area contributed by atoms with Crippen LogP contribution in [0.4, 0.5) is 19.1 Å². The Morgan fingerprint density at radius 2 is 2.08 bits per heavy atom. The Labute approximate surface area is 141 Å². The smallest absolute Gasteiger partial charge is 0.433 e. The lowest BCUT2D eigenvalue weighted by molar-refractivity contribution is -0.141. The first-order valence-electron chi connectivity index (χ1n) is 6.60. The molecule has 0 bridgehead atoms. The van der Waals surface area contributed by atoms with Crippen LogP contribution in [0.25, 0.3) is 0 Å². The van der Waals surface area contributed by atoms with Crippen LogP contribution < -0.4 is 16.4 Å². The summed E-state index contributed by atoms with van der Waals surface area (Å²) in [5, 5.41) is 5.17. The highest BCUT2D eigenvalue weighted by atomic mass is 35.5. The van der Waals surface area contributed by atoms with Gasteiger partial charge < -0.3 is 20.8 Å². The van der Waals surface area contributed by atoms with Crippen molar-refractivity contribution < 1.29 is 22.4 Å². The van der Waals surface area contributed by atoms with E-state index in [4.69, 9.17) is 10.2 Å². The number of carbonyl (C=O) groups is 1. The van der Waals surface area contributed by atoms with Crippen LogP contribution in [0.2, 0.25) is 0 Å². The number of alkyl halides is 3. The fourth-order valence-corrected chi connectivity index (χ4v) is 1.66. The summed E-state index contributed by atoms with van der Waals surface area (Å²) < 4.78 is 42.5. The van der Waals surface area contributed by atoms with E-state index < -0.39 is 11.9 Å². The summed E-state index contributed by atoms with van der Waals surface area (Å²) in [6.45, 7) is 0.512. The number of amides is 1. The van der Waals surface area contributed by atoms with Gasteiger partial charge in [0.25, 0.3) is 5.91 Å². The zero-order valence-electron chi connectivity index (χ0n) is 12.3. The second-order valence-corrected chi connectivity index (χ2v) is 4.45. The maximum Gasteiger partial charge on any atom is 0.433 e. The number of furan rings is 1. The average molecular weight is 366 g/mol. The van der Waals surface area contributed by atoms with E-state index >= 15 is 0 Å². The zero-order chi connectivity index (χ0) is 16.9. The summed E-state index contributed by atoms with van der Waals surface area (Å²) in [7, 11) is 0. The van der Waals surface area contributed by atoms with Gasteiger partial charge in [0, 0.05) is 19.3 Å². The monoisotopic (exact) mass is 365 g/mol. The highest BCUT2D eigenvalue weighted by molar-refractivity contribution is 5.93. The number of anilines is 1. The second kappa shape index (κ2) is 8.50. The number of aromatic nitrogens is 2. The summed E-state index contributed by atoms with van der Waals surface area (Å²) in [4.78, 5) is 18.8. The van der Waals surface area contributed by atoms with Crippen molar-refractivity contribution >= 4 is 24.3 Å². The van der Waals surface area contributed by atoms with Gasteiger partial charge in [0.05, 0.1) is 12.1 Å². The molecular formula is C13H15ClF3N5O2. The van der Waals surface area contributed by atoms with Crippen LogP contribution in [0.3, 0.4) is 0 Å². The van der Waals surface area contributed by atoms with Crippen molar-refractivity contribution in [2.24, 2.45) is 5.73 Å². The lowest BCUT2D eigenvalue weighted by atomic mass is 10.3. The van der Waals surface area contributed by atoms with E-state index in [1.807, 2.05) is 0 Å². The van der Waals surface area contributed by atoms with Gasteiger partial charge in [0.2, 0.25) is 5.95 Å². The molecule has 11 heteroatoms. The minimum absolute atomic E-state index is 0. The molecule has 0 aliphatic heterocycles. The number of nitrogens with two attached hydrogens (primary N) is 1. The van der Waals surface area contributed by atoms with Gasteiger partial charge in [-0.3, -0.25) is 4.79 Å². The van der Waals surface area contributed by atoms with Crippen LogP contribution in [0.1, 0.15) is 21.8 Å². The average Bonchev–Trinajstić information content (AvgIpc) is 3.00. The van der Waals surface area contributed by atoms with Crippen LogP contribution in [0.15, 0.2) is 29.0 Å². The molecule has 2 rings (SSSR count). The number of halogens is 4. The summed E-state index contributed by atoms with van der Waals surface area (Å²) in [5.41, 5.74) is 4.65. The van der Waals surface area contributed by atoms with Crippen molar-refractivity contribution in [3.8, 4) is 0 Å².